The molecule has 1 aromatic rings. The predicted molar refractivity (Wildman–Crippen MR) is 70.3 cm³/mol. The van der Waals surface area contributed by atoms with Crippen molar-refractivity contribution in [1.82, 2.24) is 5.32 Å². The number of nitrogens with two attached hydrogens (primary N) is 1. The molecule has 0 radical (unpaired) electrons. The van der Waals surface area contributed by atoms with Gasteiger partial charge in [-0.15, -0.1) is 0 Å². The van der Waals surface area contributed by atoms with Gasteiger partial charge in [-0.05, 0) is 38.8 Å². The van der Waals surface area contributed by atoms with Gasteiger partial charge >= 0.3 is 0 Å². The third kappa shape index (κ3) is 4.33. The van der Waals surface area contributed by atoms with E-state index < -0.39 is 0 Å². The second-order valence-electron chi connectivity index (χ2n) is 5.54. The van der Waals surface area contributed by atoms with Gasteiger partial charge in [-0.1, -0.05) is 37.3 Å². The molecule has 3 N–H and O–H groups in total. The summed E-state index contributed by atoms with van der Waals surface area (Å²) >= 11 is 0. The van der Waals surface area contributed by atoms with Gasteiger partial charge in [-0.2, -0.15) is 0 Å². The number of hydrogen-bond acceptors (Lipinski definition) is 2. The van der Waals surface area contributed by atoms with Crippen molar-refractivity contribution >= 4 is 0 Å². The van der Waals surface area contributed by atoms with E-state index in [0.717, 1.165) is 6.54 Å². The quantitative estimate of drug-likeness (QED) is 0.818. The topological polar surface area (TPSA) is 38.0 Å². The number of benzene rings is 1. The summed E-state index contributed by atoms with van der Waals surface area (Å²) < 4.78 is 0. The van der Waals surface area contributed by atoms with Crippen LogP contribution < -0.4 is 11.1 Å². The first-order chi connectivity index (χ1) is 7.40. The summed E-state index contributed by atoms with van der Waals surface area (Å²) in [4.78, 5) is 0. The van der Waals surface area contributed by atoms with E-state index in [2.05, 4.69) is 45.1 Å². The fraction of sp³-hybridized carbons (Fsp3) is 0.571. The lowest BCUT2D eigenvalue weighted by Gasteiger charge is -2.26. The Bertz CT molecular complexity index is 300. The van der Waals surface area contributed by atoms with Crippen LogP contribution in [0.5, 0.6) is 0 Å². The monoisotopic (exact) mass is 220 g/mol. The van der Waals surface area contributed by atoms with Crippen LogP contribution in [0.2, 0.25) is 0 Å². The average molecular weight is 220 g/mol. The molecule has 0 fully saturated rings. The molecular weight excluding hydrogens is 196 g/mol. The zero-order valence-corrected chi connectivity index (χ0v) is 10.8. The lowest BCUT2D eigenvalue weighted by Crippen LogP contribution is -2.40. The Morgan fingerprint density at radius 1 is 1.19 bits per heavy atom. The largest absolute Gasteiger partial charge is 0.324 e. The third-order valence-corrected chi connectivity index (χ3v) is 2.75. The van der Waals surface area contributed by atoms with Gasteiger partial charge in [0.15, 0.2) is 0 Å². The summed E-state index contributed by atoms with van der Waals surface area (Å²) in [7, 11) is 0. The fourth-order valence-corrected chi connectivity index (χ4v) is 1.60. The van der Waals surface area contributed by atoms with Gasteiger partial charge in [0, 0.05) is 11.6 Å². The Hall–Kier alpha value is -0.860. The van der Waals surface area contributed by atoms with Crippen LogP contribution in [0, 0.1) is 5.92 Å². The van der Waals surface area contributed by atoms with Crippen LogP contribution in [0.25, 0.3) is 0 Å². The fourth-order valence-electron chi connectivity index (χ4n) is 1.60. The van der Waals surface area contributed by atoms with Crippen molar-refractivity contribution in [2.24, 2.45) is 11.7 Å². The molecule has 0 bridgehead atoms. The Kier molecular flexibility index (Phi) is 4.51. The molecule has 2 nitrogen and oxygen atoms in total. The molecule has 0 aromatic heterocycles. The van der Waals surface area contributed by atoms with Gasteiger partial charge in [0.05, 0.1) is 0 Å². The van der Waals surface area contributed by atoms with Gasteiger partial charge < -0.3 is 11.1 Å². The molecule has 90 valence electrons. The highest BCUT2D eigenvalue weighted by Crippen LogP contribution is 2.18. The van der Waals surface area contributed by atoms with Crippen molar-refractivity contribution in [2.45, 2.75) is 39.3 Å². The van der Waals surface area contributed by atoms with E-state index in [9.17, 15) is 0 Å². The second-order valence-corrected chi connectivity index (χ2v) is 5.54. The minimum atomic E-state index is 0.107. The highest BCUT2D eigenvalue weighted by atomic mass is 14.9. The molecule has 16 heavy (non-hydrogen) atoms. The van der Waals surface area contributed by atoms with Crippen LogP contribution in [0.4, 0.5) is 0 Å². The van der Waals surface area contributed by atoms with Crippen LogP contribution in [0.15, 0.2) is 30.3 Å². The molecule has 1 aromatic carbocycles. The highest BCUT2D eigenvalue weighted by Gasteiger charge is 2.17. The molecule has 0 saturated heterocycles. The van der Waals surface area contributed by atoms with Crippen LogP contribution in [0.1, 0.15) is 39.3 Å². The molecule has 0 aliphatic heterocycles. The van der Waals surface area contributed by atoms with E-state index >= 15 is 0 Å². The van der Waals surface area contributed by atoms with Gasteiger partial charge in [0.2, 0.25) is 0 Å². The van der Waals surface area contributed by atoms with Crippen LogP contribution in [-0.4, -0.2) is 12.1 Å². The normalized spacial score (nSPS) is 15.8. The second kappa shape index (κ2) is 5.46. The Morgan fingerprint density at radius 2 is 1.75 bits per heavy atom. The first-order valence-electron chi connectivity index (χ1n) is 5.96. The molecule has 0 saturated carbocycles. The van der Waals surface area contributed by atoms with Gasteiger partial charge in [-0.25, -0.2) is 0 Å². The predicted octanol–water partition coefficient (Wildman–Crippen LogP) is 2.71. The van der Waals surface area contributed by atoms with Crippen molar-refractivity contribution in [2.75, 3.05) is 6.54 Å². The highest BCUT2D eigenvalue weighted by molar-refractivity contribution is 5.19. The molecule has 0 heterocycles. The average Bonchev–Trinajstić information content (AvgIpc) is 2.25. The standard InChI is InChI=1S/C14H24N2/c1-11(10-16-14(2,3)4)13(15)12-8-6-5-7-9-12/h5-9,11,13,16H,10,15H2,1-4H3/t11-,13+/m0/s1. The summed E-state index contributed by atoms with van der Waals surface area (Å²) in [6.07, 6.45) is 0. The van der Waals surface area contributed by atoms with E-state index in [-0.39, 0.29) is 11.6 Å². The molecule has 0 aliphatic carbocycles. The van der Waals surface area contributed by atoms with E-state index in [1.54, 1.807) is 0 Å². The third-order valence-electron chi connectivity index (χ3n) is 2.75. The van der Waals surface area contributed by atoms with E-state index in [4.69, 9.17) is 5.73 Å². The van der Waals surface area contributed by atoms with Gasteiger partial charge in [0.25, 0.3) is 0 Å². The van der Waals surface area contributed by atoms with Crippen molar-refractivity contribution in [3.63, 3.8) is 0 Å². The first-order valence-corrected chi connectivity index (χ1v) is 5.96. The summed E-state index contributed by atoms with van der Waals surface area (Å²) in [5, 5.41) is 3.49. The molecule has 0 aliphatic rings. The van der Waals surface area contributed by atoms with Gasteiger partial charge in [0.1, 0.15) is 0 Å². The number of nitrogens with one attached hydrogen (secondary N) is 1. The summed E-state index contributed by atoms with van der Waals surface area (Å²) in [5.74, 6) is 0.432. The van der Waals surface area contributed by atoms with Crippen LogP contribution >= 0.6 is 0 Å². The van der Waals surface area contributed by atoms with Crippen molar-refractivity contribution in [3.05, 3.63) is 35.9 Å². The van der Waals surface area contributed by atoms with Crippen molar-refractivity contribution in [3.8, 4) is 0 Å². The van der Waals surface area contributed by atoms with Crippen LogP contribution in [0.3, 0.4) is 0 Å². The molecule has 0 amide bonds. The number of hydrogen-bond donors (Lipinski definition) is 2. The number of rotatable bonds is 4. The minimum Gasteiger partial charge on any atom is -0.324 e. The molecule has 1 rings (SSSR count). The van der Waals surface area contributed by atoms with E-state index in [1.807, 2.05) is 18.2 Å². The maximum absolute atomic E-state index is 6.23. The zero-order valence-electron chi connectivity index (χ0n) is 10.8. The molecule has 2 heteroatoms. The molecule has 0 unspecified atom stereocenters. The van der Waals surface area contributed by atoms with Crippen LogP contribution in [-0.2, 0) is 0 Å². The molecular formula is C14H24N2. The van der Waals surface area contributed by atoms with E-state index in [0.29, 0.717) is 5.92 Å². The van der Waals surface area contributed by atoms with Crippen molar-refractivity contribution in [1.29, 1.82) is 0 Å². The maximum atomic E-state index is 6.23. The zero-order chi connectivity index (χ0) is 12.2. The smallest absolute Gasteiger partial charge is 0.0333 e. The first kappa shape index (κ1) is 13.2. The summed E-state index contributed by atoms with van der Waals surface area (Å²) in [6.45, 7) is 9.66. The molecule has 2 atom stereocenters. The van der Waals surface area contributed by atoms with Gasteiger partial charge in [-0.3, -0.25) is 0 Å². The Balaban J connectivity index is 2.52. The summed E-state index contributed by atoms with van der Waals surface area (Å²) in [6, 6.07) is 10.4. The lowest BCUT2D eigenvalue weighted by molar-refractivity contribution is 0.354. The SMILES string of the molecule is C[C@@H](CNC(C)(C)C)[C@@H](N)c1ccccc1. The Labute approximate surface area is 99.2 Å². The molecule has 0 spiro atoms. The Morgan fingerprint density at radius 3 is 2.25 bits per heavy atom. The maximum Gasteiger partial charge on any atom is 0.0333 e. The lowest BCUT2D eigenvalue weighted by atomic mass is 9.94. The van der Waals surface area contributed by atoms with E-state index in [1.165, 1.54) is 5.56 Å². The summed E-state index contributed by atoms with van der Waals surface area (Å²) in [5.41, 5.74) is 7.60. The minimum absolute atomic E-state index is 0.107. The van der Waals surface area contributed by atoms with Crippen molar-refractivity contribution < 1.29 is 0 Å².